The first-order chi connectivity index (χ1) is 9.83. The van der Waals surface area contributed by atoms with E-state index in [2.05, 4.69) is 49.4 Å². The molecule has 0 heterocycles. The molecule has 104 valence electrons. The second kappa shape index (κ2) is 5.70. The highest BCUT2D eigenvalue weighted by Gasteiger charge is 2.23. The van der Waals surface area contributed by atoms with Gasteiger partial charge in [-0.2, -0.15) is 0 Å². The first-order valence-electron chi connectivity index (χ1n) is 7.58. The lowest BCUT2D eigenvalue weighted by molar-refractivity contribution is 0.404. The molecule has 1 unspecified atom stereocenters. The zero-order valence-electron chi connectivity index (χ0n) is 12.4. The Balaban J connectivity index is 2.00. The fourth-order valence-corrected chi connectivity index (χ4v) is 3.34. The summed E-state index contributed by atoms with van der Waals surface area (Å²) >= 11 is 0. The van der Waals surface area contributed by atoms with Gasteiger partial charge >= 0.3 is 0 Å². The van der Waals surface area contributed by atoms with E-state index in [1.165, 1.54) is 35.1 Å². The number of hydrogen-bond donors (Lipinski definition) is 0. The molecular weight excluding hydrogens is 244 g/mol. The van der Waals surface area contributed by atoms with Crippen molar-refractivity contribution in [1.29, 1.82) is 0 Å². The van der Waals surface area contributed by atoms with Crippen LogP contribution in [0.5, 0.6) is 5.75 Å². The molecule has 1 aliphatic rings. The maximum atomic E-state index is 5.53. The van der Waals surface area contributed by atoms with E-state index in [4.69, 9.17) is 4.74 Å². The fraction of sp³-hybridized carbons (Fsp3) is 0.368. The standard InChI is InChI=1S/C19H22O/c1-3-14-10-12-15(13-11-14)16-6-4-8-18-17(16)7-5-9-19(18)20-2/h5,7,9-13,16H,3-4,6,8H2,1-2H3. The molecule has 0 radical (unpaired) electrons. The van der Waals surface area contributed by atoms with Crippen molar-refractivity contribution < 1.29 is 4.74 Å². The van der Waals surface area contributed by atoms with Gasteiger partial charge in [-0.15, -0.1) is 0 Å². The van der Waals surface area contributed by atoms with Crippen molar-refractivity contribution in [3.05, 3.63) is 64.7 Å². The molecule has 0 saturated heterocycles. The molecule has 0 N–H and O–H groups in total. The lowest BCUT2D eigenvalue weighted by Crippen LogP contribution is -2.12. The maximum absolute atomic E-state index is 5.53. The van der Waals surface area contributed by atoms with Gasteiger partial charge in [0.25, 0.3) is 0 Å². The smallest absolute Gasteiger partial charge is 0.122 e. The summed E-state index contributed by atoms with van der Waals surface area (Å²) in [5.74, 6) is 1.58. The minimum atomic E-state index is 0.528. The molecule has 0 spiro atoms. The van der Waals surface area contributed by atoms with Crippen LogP contribution in [0.15, 0.2) is 42.5 Å². The molecule has 0 amide bonds. The molecule has 1 nitrogen and oxygen atoms in total. The number of benzene rings is 2. The lowest BCUT2D eigenvalue weighted by Gasteiger charge is -2.27. The van der Waals surface area contributed by atoms with E-state index in [-0.39, 0.29) is 0 Å². The van der Waals surface area contributed by atoms with Crippen LogP contribution in [0.25, 0.3) is 0 Å². The predicted molar refractivity (Wildman–Crippen MR) is 83.6 cm³/mol. The number of ether oxygens (including phenoxy) is 1. The number of hydrogen-bond acceptors (Lipinski definition) is 1. The van der Waals surface area contributed by atoms with Crippen LogP contribution in [-0.2, 0) is 12.8 Å². The monoisotopic (exact) mass is 266 g/mol. The highest BCUT2D eigenvalue weighted by atomic mass is 16.5. The Labute approximate surface area is 121 Å². The molecule has 2 aromatic carbocycles. The highest BCUT2D eigenvalue weighted by Crippen LogP contribution is 2.40. The maximum Gasteiger partial charge on any atom is 0.122 e. The summed E-state index contributed by atoms with van der Waals surface area (Å²) in [5, 5.41) is 0. The number of rotatable bonds is 3. The van der Waals surface area contributed by atoms with E-state index in [1.807, 2.05) is 0 Å². The van der Waals surface area contributed by atoms with Crippen molar-refractivity contribution >= 4 is 0 Å². The van der Waals surface area contributed by atoms with E-state index in [9.17, 15) is 0 Å². The lowest BCUT2D eigenvalue weighted by atomic mass is 9.78. The second-order valence-corrected chi connectivity index (χ2v) is 5.57. The van der Waals surface area contributed by atoms with E-state index in [1.54, 1.807) is 7.11 Å². The normalized spacial score (nSPS) is 17.6. The molecule has 0 saturated carbocycles. The van der Waals surface area contributed by atoms with E-state index in [0.717, 1.165) is 18.6 Å². The van der Waals surface area contributed by atoms with Crippen LogP contribution in [0.2, 0.25) is 0 Å². The second-order valence-electron chi connectivity index (χ2n) is 5.57. The Kier molecular flexibility index (Phi) is 3.77. The summed E-state index contributed by atoms with van der Waals surface area (Å²) < 4.78 is 5.53. The Bertz CT molecular complexity index is 583. The van der Waals surface area contributed by atoms with E-state index in [0.29, 0.717) is 5.92 Å². The average Bonchev–Trinajstić information content (AvgIpc) is 2.54. The Morgan fingerprint density at radius 3 is 2.60 bits per heavy atom. The topological polar surface area (TPSA) is 9.23 Å². The van der Waals surface area contributed by atoms with Gasteiger partial charge in [0.05, 0.1) is 7.11 Å². The van der Waals surface area contributed by atoms with Crippen LogP contribution in [0.4, 0.5) is 0 Å². The third-order valence-electron chi connectivity index (χ3n) is 4.47. The van der Waals surface area contributed by atoms with Crippen molar-refractivity contribution in [2.24, 2.45) is 0 Å². The molecule has 2 aromatic rings. The summed E-state index contributed by atoms with van der Waals surface area (Å²) in [6, 6.07) is 15.6. The van der Waals surface area contributed by atoms with Gasteiger partial charge in [0.15, 0.2) is 0 Å². The summed E-state index contributed by atoms with van der Waals surface area (Å²) in [6.45, 7) is 2.20. The third kappa shape index (κ3) is 2.33. The van der Waals surface area contributed by atoms with Crippen molar-refractivity contribution in [2.75, 3.05) is 7.11 Å². The van der Waals surface area contributed by atoms with Gasteiger partial charge in [-0.3, -0.25) is 0 Å². The van der Waals surface area contributed by atoms with Crippen LogP contribution in [0, 0.1) is 0 Å². The minimum absolute atomic E-state index is 0.528. The minimum Gasteiger partial charge on any atom is -0.496 e. The first-order valence-corrected chi connectivity index (χ1v) is 7.58. The van der Waals surface area contributed by atoms with Crippen molar-refractivity contribution in [1.82, 2.24) is 0 Å². The van der Waals surface area contributed by atoms with Crippen LogP contribution in [-0.4, -0.2) is 7.11 Å². The molecule has 0 aliphatic heterocycles. The van der Waals surface area contributed by atoms with Crippen molar-refractivity contribution in [3.63, 3.8) is 0 Å². The number of fused-ring (bicyclic) bond motifs is 1. The molecule has 3 rings (SSSR count). The Hall–Kier alpha value is -1.76. The van der Waals surface area contributed by atoms with E-state index < -0.39 is 0 Å². The summed E-state index contributed by atoms with van der Waals surface area (Å²) in [6.07, 6.45) is 4.73. The van der Waals surface area contributed by atoms with Gasteiger partial charge in [0.1, 0.15) is 5.75 Å². The van der Waals surface area contributed by atoms with Crippen molar-refractivity contribution in [3.8, 4) is 5.75 Å². The average molecular weight is 266 g/mol. The van der Waals surface area contributed by atoms with Gasteiger partial charge in [0, 0.05) is 5.92 Å². The largest absolute Gasteiger partial charge is 0.496 e. The zero-order chi connectivity index (χ0) is 13.9. The zero-order valence-corrected chi connectivity index (χ0v) is 12.4. The number of aryl methyl sites for hydroxylation is 1. The van der Waals surface area contributed by atoms with Crippen LogP contribution in [0.1, 0.15) is 47.9 Å². The summed E-state index contributed by atoms with van der Waals surface area (Å²) in [5.41, 5.74) is 5.72. The predicted octanol–water partition coefficient (Wildman–Crippen LogP) is 4.73. The molecule has 0 aromatic heterocycles. The SMILES string of the molecule is CCc1ccc(C2CCCc3c(OC)cccc32)cc1. The molecule has 1 aliphatic carbocycles. The quantitative estimate of drug-likeness (QED) is 0.780. The fourth-order valence-electron chi connectivity index (χ4n) is 3.34. The Morgan fingerprint density at radius 1 is 1.10 bits per heavy atom. The first kappa shape index (κ1) is 13.2. The van der Waals surface area contributed by atoms with Crippen LogP contribution in [0.3, 0.4) is 0 Å². The van der Waals surface area contributed by atoms with Crippen LogP contribution >= 0.6 is 0 Å². The molecule has 0 fully saturated rings. The Morgan fingerprint density at radius 2 is 1.90 bits per heavy atom. The summed E-state index contributed by atoms with van der Waals surface area (Å²) in [4.78, 5) is 0. The number of methoxy groups -OCH3 is 1. The van der Waals surface area contributed by atoms with E-state index >= 15 is 0 Å². The van der Waals surface area contributed by atoms with Gasteiger partial charge < -0.3 is 4.74 Å². The van der Waals surface area contributed by atoms with Gasteiger partial charge in [-0.05, 0) is 54.0 Å². The molecule has 0 bridgehead atoms. The molecule has 1 heteroatoms. The van der Waals surface area contributed by atoms with Crippen LogP contribution < -0.4 is 4.74 Å². The summed E-state index contributed by atoms with van der Waals surface area (Å²) in [7, 11) is 1.77. The van der Waals surface area contributed by atoms with Gasteiger partial charge in [0.2, 0.25) is 0 Å². The highest BCUT2D eigenvalue weighted by molar-refractivity contribution is 5.47. The van der Waals surface area contributed by atoms with Crippen molar-refractivity contribution in [2.45, 2.75) is 38.5 Å². The molecule has 1 atom stereocenters. The molecule has 20 heavy (non-hydrogen) atoms. The third-order valence-corrected chi connectivity index (χ3v) is 4.47. The molecular formula is C19H22O. The van der Waals surface area contributed by atoms with Gasteiger partial charge in [-0.1, -0.05) is 43.3 Å². The van der Waals surface area contributed by atoms with Gasteiger partial charge in [-0.25, -0.2) is 0 Å².